The van der Waals surface area contributed by atoms with Crippen LogP contribution in [0.2, 0.25) is 0 Å². The molecule has 0 saturated heterocycles. The molecule has 1 saturated carbocycles. The second-order valence-electron chi connectivity index (χ2n) is 5.05. The molecule has 1 fully saturated rings. The Morgan fingerprint density at radius 2 is 2.11 bits per heavy atom. The number of allylic oxidation sites excluding steroid dienone is 2. The number of nitrogens with one attached hydrogen (secondary N) is 1. The summed E-state index contributed by atoms with van der Waals surface area (Å²) in [6.45, 7) is 2.00. The maximum Gasteiger partial charge on any atom is 0.271 e. The summed E-state index contributed by atoms with van der Waals surface area (Å²) in [5.74, 6) is 1.08. The van der Waals surface area contributed by atoms with Gasteiger partial charge in [0, 0.05) is 17.2 Å². The predicted molar refractivity (Wildman–Crippen MR) is 71.4 cm³/mol. The Balaban J connectivity index is 1.62. The van der Waals surface area contributed by atoms with E-state index in [0.29, 0.717) is 17.4 Å². The van der Waals surface area contributed by atoms with Crippen molar-refractivity contribution in [2.24, 2.45) is 16.9 Å². The maximum atomic E-state index is 11.9. The SMILES string of the molecule is Cc1ccc(C(=O)N/N=C2/C[C@@H]3C=CC[C@@H]23)cc1. The molecule has 0 unspecified atom stereocenters. The van der Waals surface area contributed by atoms with E-state index in [9.17, 15) is 4.79 Å². The van der Waals surface area contributed by atoms with Gasteiger partial charge in [0.2, 0.25) is 0 Å². The maximum absolute atomic E-state index is 11.9. The first-order valence-corrected chi connectivity index (χ1v) is 6.34. The molecular weight excluding hydrogens is 224 g/mol. The topological polar surface area (TPSA) is 41.5 Å². The molecule has 0 heterocycles. The van der Waals surface area contributed by atoms with Crippen molar-refractivity contribution in [1.82, 2.24) is 5.43 Å². The Kier molecular flexibility index (Phi) is 2.74. The second-order valence-corrected chi connectivity index (χ2v) is 5.05. The number of hydrogen-bond acceptors (Lipinski definition) is 2. The summed E-state index contributed by atoms with van der Waals surface area (Å²) >= 11 is 0. The summed E-state index contributed by atoms with van der Waals surface area (Å²) in [6, 6.07) is 7.52. The minimum absolute atomic E-state index is 0.128. The van der Waals surface area contributed by atoms with Crippen LogP contribution in [0.3, 0.4) is 0 Å². The number of benzene rings is 1. The van der Waals surface area contributed by atoms with E-state index in [1.807, 2.05) is 31.2 Å². The Labute approximate surface area is 107 Å². The number of aryl methyl sites for hydroxylation is 1. The number of amides is 1. The monoisotopic (exact) mass is 240 g/mol. The van der Waals surface area contributed by atoms with Crippen LogP contribution in [0.5, 0.6) is 0 Å². The van der Waals surface area contributed by atoms with E-state index in [4.69, 9.17) is 0 Å². The van der Waals surface area contributed by atoms with Gasteiger partial charge < -0.3 is 0 Å². The molecule has 0 spiro atoms. The Bertz CT molecular complexity index is 528. The van der Waals surface area contributed by atoms with Crippen LogP contribution >= 0.6 is 0 Å². The van der Waals surface area contributed by atoms with Gasteiger partial charge >= 0.3 is 0 Å². The van der Waals surface area contributed by atoms with Crippen molar-refractivity contribution in [2.45, 2.75) is 19.8 Å². The summed E-state index contributed by atoms with van der Waals surface area (Å²) in [4.78, 5) is 11.9. The molecule has 3 heteroatoms. The van der Waals surface area contributed by atoms with E-state index in [0.717, 1.165) is 24.1 Å². The number of carbonyl (C=O) groups is 1. The largest absolute Gasteiger partial charge is 0.271 e. The van der Waals surface area contributed by atoms with Crippen molar-refractivity contribution >= 4 is 11.6 Å². The Morgan fingerprint density at radius 3 is 2.83 bits per heavy atom. The van der Waals surface area contributed by atoms with Crippen LogP contribution in [0.4, 0.5) is 0 Å². The lowest BCUT2D eigenvalue weighted by Gasteiger charge is -2.31. The minimum Gasteiger partial charge on any atom is -0.267 e. The van der Waals surface area contributed by atoms with Crippen LogP contribution in [-0.4, -0.2) is 11.6 Å². The highest BCUT2D eigenvalue weighted by Gasteiger charge is 2.37. The zero-order valence-corrected chi connectivity index (χ0v) is 10.4. The van der Waals surface area contributed by atoms with Crippen molar-refractivity contribution in [1.29, 1.82) is 0 Å². The summed E-state index contributed by atoms with van der Waals surface area (Å²) in [6.07, 6.45) is 6.53. The quantitative estimate of drug-likeness (QED) is 0.626. The lowest BCUT2D eigenvalue weighted by molar-refractivity contribution is 0.0954. The third-order valence-corrected chi connectivity index (χ3v) is 3.78. The van der Waals surface area contributed by atoms with Gasteiger partial charge in [0.15, 0.2) is 0 Å². The molecule has 2 atom stereocenters. The molecule has 0 radical (unpaired) electrons. The molecule has 2 aliphatic carbocycles. The van der Waals surface area contributed by atoms with Gasteiger partial charge in [0.05, 0.1) is 0 Å². The first-order chi connectivity index (χ1) is 8.74. The zero-order valence-electron chi connectivity index (χ0n) is 10.4. The summed E-state index contributed by atoms with van der Waals surface area (Å²) < 4.78 is 0. The van der Waals surface area contributed by atoms with Crippen molar-refractivity contribution in [2.75, 3.05) is 0 Å². The van der Waals surface area contributed by atoms with E-state index in [1.165, 1.54) is 0 Å². The van der Waals surface area contributed by atoms with Gasteiger partial charge in [0.25, 0.3) is 5.91 Å². The molecule has 0 bridgehead atoms. The molecular formula is C15H16N2O. The summed E-state index contributed by atoms with van der Waals surface area (Å²) in [5.41, 5.74) is 5.59. The first kappa shape index (κ1) is 11.2. The minimum atomic E-state index is -0.128. The van der Waals surface area contributed by atoms with Crippen molar-refractivity contribution in [3.8, 4) is 0 Å². The molecule has 0 aliphatic heterocycles. The number of carbonyl (C=O) groups excluding carboxylic acids is 1. The lowest BCUT2D eigenvalue weighted by atomic mass is 9.74. The van der Waals surface area contributed by atoms with Crippen molar-refractivity contribution < 1.29 is 4.79 Å². The van der Waals surface area contributed by atoms with Crippen LogP contribution in [0.1, 0.15) is 28.8 Å². The van der Waals surface area contributed by atoms with Gasteiger partial charge in [-0.15, -0.1) is 0 Å². The number of nitrogens with zero attached hydrogens (tertiary/aromatic N) is 1. The molecule has 3 nitrogen and oxygen atoms in total. The number of fused-ring (bicyclic) bond motifs is 1. The summed E-state index contributed by atoms with van der Waals surface area (Å²) in [5, 5.41) is 4.25. The molecule has 0 aromatic heterocycles. The normalized spacial score (nSPS) is 26.8. The van der Waals surface area contributed by atoms with Gasteiger partial charge in [0.1, 0.15) is 0 Å². The predicted octanol–water partition coefficient (Wildman–Crippen LogP) is 2.68. The van der Waals surface area contributed by atoms with Gasteiger partial charge in [-0.2, -0.15) is 5.10 Å². The van der Waals surface area contributed by atoms with E-state index in [-0.39, 0.29) is 5.91 Å². The molecule has 18 heavy (non-hydrogen) atoms. The Morgan fingerprint density at radius 1 is 1.33 bits per heavy atom. The van der Waals surface area contributed by atoms with Crippen molar-refractivity contribution in [3.63, 3.8) is 0 Å². The average molecular weight is 240 g/mol. The molecule has 1 amide bonds. The fraction of sp³-hybridized carbons (Fsp3) is 0.333. The third-order valence-electron chi connectivity index (χ3n) is 3.78. The van der Waals surface area contributed by atoms with Gasteiger partial charge in [-0.3, -0.25) is 4.79 Å². The van der Waals surface area contributed by atoms with Gasteiger partial charge in [-0.1, -0.05) is 29.8 Å². The molecule has 1 aromatic carbocycles. The highest BCUT2D eigenvalue weighted by atomic mass is 16.2. The first-order valence-electron chi connectivity index (χ1n) is 6.34. The fourth-order valence-electron chi connectivity index (χ4n) is 2.56. The van der Waals surface area contributed by atoms with Crippen molar-refractivity contribution in [3.05, 3.63) is 47.5 Å². The lowest BCUT2D eigenvalue weighted by Crippen LogP contribution is -2.35. The highest BCUT2D eigenvalue weighted by Crippen LogP contribution is 2.40. The van der Waals surface area contributed by atoms with E-state index < -0.39 is 0 Å². The van der Waals surface area contributed by atoms with Crippen LogP contribution < -0.4 is 5.43 Å². The molecule has 1 aromatic rings. The van der Waals surface area contributed by atoms with Crippen LogP contribution in [0.15, 0.2) is 41.5 Å². The molecule has 1 N–H and O–H groups in total. The Hall–Kier alpha value is -1.90. The fourth-order valence-corrected chi connectivity index (χ4v) is 2.56. The van der Waals surface area contributed by atoms with Crippen LogP contribution in [-0.2, 0) is 0 Å². The number of hydrazone groups is 1. The highest BCUT2D eigenvalue weighted by molar-refractivity contribution is 5.98. The zero-order chi connectivity index (χ0) is 12.5. The van der Waals surface area contributed by atoms with Crippen LogP contribution in [0, 0.1) is 18.8 Å². The number of rotatable bonds is 2. The average Bonchev–Trinajstić information content (AvgIpc) is 2.72. The molecule has 92 valence electrons. The molecule has 2 aliphatic rings. The third kappa shape index (κ3) is 1.96. The van der Waals surface area contributed by atoms with E-state index in [2.05, 4.69) is 22.7 Å². The van der Waals surface area contributed by atoms with Gasteiger partial charge in [-0.05, 0) is 37.8 Å². The van der Waals surface area contributed by atoms with Crippen LogP contribution in [0.25, 0.3) is 0 Å². The summed E-state index contributed by atoms with van der Waals surface area (Å²) in [7, 11) is 0. The van der Waals surface area contributed by atoms with E-state index >= 15 is 0 Å². The smallest absolute Gasteiger partial charge is 0.267 e. The number of hydrogen-bond donors (Lipinski definition) is 1. The standard InChI is InChI=1S/C15H16N2O/c1-10-5-7-11(8-6-10)15(18)17-16-14-9-12-3-2-4-13(12)14/h2-3,5-8,12-13H,4,9H2,1H3,(H,17,18)/b16-14-/t12-,13+/m0/s1. The molecule has 3 rings (SSSR count). The second kappa shape index (κ2) is 4.41. The van der Waals surface area contributed by atoms with Gasteiger partial charge in [-0.25, -0.2) is 5.43 Å². The van der Waals surface area contributed by atoms with E-state index in [1.54, 1.807) is 0 Å².